The van der Waals surface area contributed by atoms with E-state index in [1.807, 2.05) is 49.3 Å². The second kappa shape index (κ2) is 7.24. The molecule has 4 N–H and O–H groups in total. The highest BCUT2D eigenvalue weighted by atomic mass is 16.2. The predicted molar refractivity (Wildman–Crippen MR) is 122 cm³/mol. The molecule has 1 saturated heterocycles. The average Bonchev–Trinajstić information content (AvgIpc) is 3.40. The standard InChI is InChI=1S/C23H24N6O2/c1-28(2)14-9-10-29(12-14)23(31)13-7-8-17-18(11-13)26-21(25-17)19-20(24)15-5-3-4-6-16(15)27-22(19)30/h3-8,11,14H,9-10,12H2,1-2H3,(H,25,26)(H3,24,27,30)/t14-/m0/s1. The number of likely N-dealkylation sites (tertiary alicyclic amines) is 1. The zero-order valence-electron chi connectivity index (χ0n) is 17.5. The van der Waals surface area contributed by atoms with E-state index in [1.54, 1.807) is 12.1 Å². The zero-order valence-corrected chi connectivity index (χ0v) is 17.5. The first-order valence-electron chi connectivity index (χ1n) is 10.3. The number of aromatic amines is 2. The predicted octanol–water partition coefficient (Wildman–Crippen LogP) is 2.43. The van der Waals surface area contributed by atoms with Crippen LogP contribution in [-0.4, -0.2) is 63.9 Å². The Morgan fingerprint density at radius 1 is 1.16 bits per heavy atom. The van der Waals surface area contributed by atoms with Crippen LogP contribution < -0.4 is 11.3 Å². The van der Waals surface area contributed by atoms with Crippen LogP contribution in [0.1, 0.15) is 16.8 Å². The van der Waals surface area contributed by atoms with Crippen molar-refractivity contribution in [1.29, 1.82) is 0 Å². The van der Waals surface area contributed by atoms with E-state index in [0.717, 1.165) is 30.4 Å². The third-order valence-corrected chi connectivity index (χ3v) is 6.11. The van der Waals surface area contributed by atoms with Crippen LogP contribution in [-0.2, 0) is 0 Å². The van der Waals surface area contributed by atoms with Crippen molar-refractivity contribution in [2.45, 2.75) is 12.5 Å². The Morgan fingerprint density at radius 2 is 1.97 bits per heavy atom. The second-order valence-electron chi connectivity index (χ2n) is 8.26. The normalized spacial score (nSPS) is 16.6. The maximum atomic E-state index is 13.0. The van der Waals surface area contributed by atoms with E-state index in [4.69, 9.17) is 5.73 Å². The van der Waals surface area contributed by atoms with Gasteiger partial charge in [0.15, 0.2) is 0 Å². The monoisotopic (exact) mass is 416 g/mol. The fourth-order valence-electron chi connectivity index (χ4n) is 4.29. The Kier molecular flexibility index (Phi) is 4.51. The first-order chi connectivity index (χ1) is 14.9. The van der Waals surface area contributed by atoms with E-state index in [2.05, 4.69) is 19.9 Å². The van der Waals surface area contributed by atoms with Gasteiger partial charge in [-0.3, -0.25) is 9.59 Å². The number of carbonyl (C=O) groups is 1. The molecule has 3 heterocycles. The van der Waals surface area contributed by atoms with E-state index < -0.39 is 0 Å². The topological polar surface area (TPSA) is 111 Å². The number of nitrogens with one attached hydrogen (secondary N) is 2. The van der Waals surface area contributed by atoms with Crippen molar-refractivity contribution in [3.8, 4) is 11.4 Å². The molecular formula is C23H24N6O2. The number of rotatable bonds is 3. The number of nitrogen functional groups attached to an aromatic ring is 1. The molecule has 158 valence electrons. The third kappa shape index (κ3) is 3.25. The Balaban J connectivity index is 1.52. The van der Waals surface area contributed by atoms with Crippen molar-refractivity contribution < 1.29 is 4.79 Å². The quantitative estimate of drug-likeness (QED) is 0.475. The van der Waals surface area contributed by atoms with Gasteiger partial charge in [0, 0.05) is 30.1 Å². The smallest absolute Gasteiger partial charge is 0.261 e. The lowest BCUT2D eigenvalue weighted by atomic mass is 10.1. The Labute approximate surface area is 178 Å². The van der Waals surface area contributed by atoms with Gasteiger partial charge in [0.1, 0.15) is 11.4 Å². The summed E-state index contributed by atoms with van der Waals surface area (Å²) < 4.78 is 0. The number of para-hydroxylation sites is 1. The van der Waals surface area contributed by atoms with Gasteiger partial charge in [-0.15, -0.1) is 0 Å². The van der Waals surface area contributed by atoms with Crippen LogP contribution in [0, 0.1) is 0 Å². The van der Waals surface area contributed by atoms with Crippen LogP contribution >= 0.6 is 0 Å². The number of carbonyl (C=O) groups excluding carboxylic acids is 1. The van der Waals surface area contributed by atoms with E-state index in [1.165, 1.54) is 0 Å². The van der Waals surface area contributed by atoms with Gasteiger partial charge >= 0.3 is 0 Å². The Hall–Kier alpha value is -3.65. The van der Waals surface area contributed by atoms with Crippen molar-refractivity contribution in [1.82, 2.24) is 24.8 Å². The summed E-state index contributed by atoms with van der Waals surface area (Å²) in [4.78, 5) is 40.4. The molecular weight excluding hydrogens is 392 g/mol. The van der Waals surface area contributed by atoms with Crippen LogP contribution in [0.15, 0.2) is 47.3 Å². The van der Waals surface area contributed by atoms with Crippen molar-refractivity contribution in [3.63, 3.8) is 0 Å². The number of nitrogens with two attached hydrogens (primary N) is 1. The fraction of sp³-hybridized carbons (Fsp3) is 0.261. The molecule has 0 aliphatic carbocycles. The number of likely N-dealkylation sites (N-methyl/N-ethyl adjacent to an activating group) is 1. The average molecular weight is 416 g/mol. The maximum absolute atomic E-state index is 13.0. The fourth-order valence-corrected chi connectivity index (χ4v) is 4.29. The molecule has 2 aromatic heterocycles. The summed E-state index contributed by atoms with van der Waals surface area (Å²) in [6.45, 7) is 1.47. The number of fused-ring (bicyclic) bond motifs is 2. The summed E-state index contributed by atoms with van der Waals surface area (Å²) >= 11 is 0. The van der Waals surface area contributed by atoms with E-state index >= 15 is 0 Å². The molecule has 1 fully saturated rings. The molecule has 1 aliphatic rings. The number of hydrogen-bond donors (Lipinski definition) is 3. The van der Waals surface area contributed by atoms with E-state index in [0.29, 0.717) is 39.7 Å². The third-order valence-electron chi connectivity index (χ3n) is 6.11. The van der Waals surface area contributed by atoms with Crippen LogP contribution in [0.5, 0.6) is 0 Å². The molecule has 8 nitrogen and oxygen atoms in total. The second-order valence-corrected chi connectivity index (χ2v) is 8.26. The number of anilines is 1. The van der Waals surface area contributed by atoms with Gasteiger partial charge in [0.05, 0.1) is 22.2 Å². The molecule has 5 rings (SSSR count). The van der Waals surface area contributed by atoms with E-state index in [-0.39, 0.29) is 11.5 Å². The van der Waals surface area contributed by atoms with Crippen molar-refractivity contribution in [2.75, 3.05) is 32.9 Å². The largest absolute Gasteiger partial charge is 0.397 e. The molecule has 0 spiro atoms. The molecule has 1 amide bonds. The lowest BCUT2D eigenvalue weighted by Gasteiger charge is -2.20. The van der Waals surface area contributed by atoms with Crippen molar-refractivity contribution in [2.24, 2.45) is 0 Å². The first-order valence-corrected chi connectivity index (χ1v) is 10.3. The number of imidazole rings is 1. The molecule has 0 bridgehead atoms. The summed E-state index contributed by atoms with van der Waals surface area (Å²) in [5.41, 5.74) is 9.33. The van der Waals surface area contributed by atoms with Crippen LogP contribution in [0.3, 0.4) is 0 Å². The summed E-state index contributed by atoms with van der Waals surface area (Å²) in [5.74, 6) is 0.386. The minimum atomic E-state index is -0.307. The minimum Gasteiger partial charge on any atom is -0.397 e. The molecule has 2 aromatic carbocycles. The molecule has 4 aromatic rings. The number of H-pyrrole nitrogens is 2. The molecule has 0 radical (unpaired) electrons. The van der Waals surface area contributed by atoms with Crippen LogP contribution in [0.25, 0.3) is 33.3 Å². The molecule has 31 heavy (non-hydrogen) atoms. The summed E-state index contributed by atoms with van der Waals surface area (Å²) in [6, 6.07) is 13.2. The highest BCUT2D eigenvalue weighted by molar-refractivity contribution is 6.00. The van der Waals surface area contributed by atoms with Gasteiger partial charge in [-0.25, -0.2) is 4.98 Å². The number of amides is 1. The summed E-state index contributed by atoms with van der Waals surface area (Å²) in [5, 5.41) is 0.762. The SMILES string of the molecule is CN(C)[C@H]1CCN(C(=O)c2ccc3[nH]c(-c4c(N)c5ccccc5[nH]c4=O)nc3c2)C1. The Bertz CT molecular complexity index is 1370. The summed E-state index contributed by atoms with van der Waals surface area (Å²) in [7, 11) is 4.08. The highest BCUT2D eigenvalue weighted by Gasteiger charge is 2.28. The van der Waals surface area contributed by atoms with Crippen LogP contribution in [0.2, 0.25) is 0 Å². The molecule has 1 atom stereocenters. The van der Waals surface area contributed by atoms with Gasteiger partial charge in [0.2, 0.25) is 0 Å². The van der Waals surface area contributed by atoms with Crippen molar-refractivity contribution >= 4 is 33.5 Å². The minimum absolute atomic E-state index is 0.00105. The lowest BCUT2D eigenvalue weighted by molar-refractivity contribution is 0.0783. The maximum Gasteiger partial charge on any atom is 0.261 e. The number of pyridine rings is 1. The number of benzene rings is 2. The molecule has 1 aliphatic heterocycles. The number of hydrogen-bond acceptors (Lipinski definition) is 5. The molecule has 8 heteroatoms. The highest BCUT2D eigenvalue weighted by Crippen LogP contribution is 2.28. The Morgan fingerprint density at radius 3 is 2.74 bits per heavy atom. The van der Waals surface area contributed by atoms with Gasteiger partial charge in [0.25, 0.3) is 11.5 Å². The van der Waals surface area contributed by atoms with Gasteiger partial charge in [-0.05, 0) is 44.8 Å². The van der Waals surface area contributed by atoms with Gasteiger partial charge in [-0.2, -0.15) is 0 Å². The summed E-state index contributed by atoms with van der Waals surface area (Å²) in [6.07, 6.45) is 0.970. The van der Waals surface area contributed by atoms with E-state index in [9.17, 15) is 9.59 Å². The zero-order chi connectivity index (χ0) is 21.7. The lowest BCUT2D eigenvalue weighted by Crippen LogP contribution is -2.34. The van der Waals surface area contributed by atoms with Gasteiger partial charge < -0.3 is 25.5 Å². The van der Waals surface area contributed by atoms with Crippen LogP contribution in [0.4, 0.5) is 5.69 Å². The molecule has 0 unspecified atom stereocenters. The number of nitrogens with zero attached hydrogens (tertiary/aromatic N) is 3. The van der Waals surface area contributed by atoms with Gasteiger partial charge in [-0.1, -0.05) is 18.2 Å². The molecule has 0 saturated carbocycles. The van der Waals surface area contributed by atoms with Crippen molar-refractivity contribution in [3.05, 3.63) is 58.4 Å². The first kappa shape index (κ1) is 19.3. The number of aromatic nitrogens is 3.